The van der Waals surface area contributed by atoms with Crippen molar-refractivity contribution in [3.05, 3.63) is 30.0 Å². The molecule has 0 spiro atoms. The number of nitriles is 1. The number of rotatable bonds is 5. The number of aromatic nitrogens is 5. The van der Waals surface area contributed by atoms with E-state index in [-0.39, 0.29) is 0 Å². The lowest BCUT2D eigenvalue weighted by atomic mass is 10.2. The summed E-state index contributed by atoms with van der Waals surface area (Å²) < 4.78 is 0. The standard InChI is InChI=1S/C10H11N7/c11-6-8-3-5-14-17-10(8)12-4-1-2-9-13-7-15-16-9/h3,5,7H,1-2,4H2,(H,12,17)(H,13,15,16). The van der Waals surface area contributed by atoms with Crippen LogP contribution in [-0.2, 0) is 6.42 Å². The van der Waals surface area contributed by atoms with E-state index >= 15 is 0 Å². The molecule has 17 heavy (non-hydrogen) atoms. The zero-order valence-electron chi connectivity index (χ0n) is 9.09. The summed E-state index contributed by atoms with van der Waals surface area (Å²) >= 11 is 0. The quantitative estimate of drug-likeness (QED) is 0.724. The zero-order valence-corrected chi connectivity index (χ0v) is 9.09. The molecule has 2 aromatic heterocycles. The molecule has 0 amide bonds. The van der Waals surface area contributed by atoms with Crippen molar-refractivity contribution < 1.29 is 0 Å². The van der Waals surface area contributed by atoms with Gasteiger partial charge in [0.15, 0.2) is 5.82 Å². The number of aryl methyl sites for hydroxylation is 1. The van der Waals surface area contributed by atoms with E-state index in [1.54, 1.807) is 6.07 Å². The SMILES string of the molecule is N#Cc1ccnnc1NCCCc1ncn[nH]1. The van der Waals surface area contributed by atoms with Gasteiger partial charge in [-0.2, -0.15) is 15.5 Å². The molecular formula is C10H11N7. The van der Waals surface area contributed by atoms with Crippen LogP contribution in [0.1, 0.15) is 17.8 Å². The smallest absolute Gasteiger partial charge is 0.166 e. The van der Waals surface area contributed by atoms with Crippen molar-refractivity contribution in [2.45, 2.75) is 12.8 Å². The predicted molar refractivity (Wildman–Crippen MR) is 59.9 cm³/mol. The molecule has 7 nitrogen and oxygen atoms in total. The first-order valence-electron chi connectivity index (χ1n) is 5.20. The van der Waals surface area contributed by atoms with Crippen LogP contribution in [0.4, 0.5) is 5.82 Å². The van der Waals surface area contributed by atoms with Crippen LogP contribution in [0.15, 0.2) is 18.6 Å². The molecule has 0 unspecified atom stereocenters. The fourth-order valence-corrected chi connectivity index (χ4v) is 1.37. The first kappa shape index (κ1) is 11.0. The molecule has 0 bridgehead atoms. The second kappa shape index (κ2) is 5.55. The first-order chi connectivity index (χ1) is 8.40. The maximum Gasteiger partial charge on any atom is 0.166 e. The summed E-state index contributed by atoms with van der Waals surface area (Å²) in [6.07, 6.45) is 4.66. The molecule has 0 radical (unpaired) electrons. The fraction of sp³-hybridized carbons (Fsp3) is 0.300. The van der Waals surface area contributed by atoms with Gasteiger partial charge >= 0.3 is 0 Å². The number of H-pyrrole nitrogens is 1. The maximum absolute atomic E-state index is 8.84. The number of hydrogen-bond donors (Lipinski definition) is 2. The minimum Gasteiger partial charge on any atom is -0.367 e. The third kappa shape index (κ3) is 2.98. The minimum absolute atomic E-state index is 0.500. The van der Waals surface area contributed by atoms with E-state index in [0.29, 0.717) is 17.9 Å². The van der Waals surface area contributed by atoms with Crippen molar-refractivity contribution in [2.24, 2.45) is 0 Å². The van der Waals surface area contributed by atoms with E-state index in [0.717, 1.165) is 18.7 Å². The van der Waals surface area contributed by atoms with Gasteiger partial charge in [-0.05, 0) is 12.5 Å². The fourth-order valence-electron chi connectivity index (χ4n) is 1.37. The molecule has 0 saturated heterocycles. The Labute approximate surface area is 97.9 Å². The minimum atomic E-state index is 0.500. The Bertz CT molecular complexity index is 500. The average molecular weight is 229 g/mol. The van der Waals surface area contributed by atoms with Gasteiger partial charge in [-0.15, -0.1) is 5.10 Å². The molecule has 2 heterocycles. The normalized spacial score (nSPS) is 9.82. The Morgan fingerprint density at radius 1 is 1.47 bits per heavy atom. The highest BCUT2D eigenvalue weighted by Gasteiger charge is 2.02. The summed E-state index contributed by atoms with van der Waals surface area (Å²) in [6, 6.07) is 3.69. The maximum atomic E-state index is 8.84. The van der Waals surface area contributed by atoms with Crippen LogP contribution in [0.25, 0.3) is 0 Å². The van der Waals surface area contributed by atoms with E-state index in [9.17, 15) is 0 Å². The van der Waals surface area contributed by atoms with Crippen LogP contribution in [-0.4, -0.2) is 31.9 Å². The van der Waals surface area contributed by atoms with Crippen molar-refractivity contribution in [2.75, 3.05) is 11.9 Å². The van der Waals surface area contributed by atoms with Crippen molar-refractivity contribution >= 4 is 5.82 Å². The van der Waals surface area contributed by atoms with Gasteiger partial charge in [0.1, 0.15) is 18.2 Å². The Kier molecular flexibility index (Phi) is 3.60. The molecule has 0 aliphatic carbocycles. The van der Waals surface area contributed by atoms with Gasteiger partial charge in [-0.1, -0.05) is 0 Å². The van der Waals surface area contributed by atoms with Crippen LogP contribution in [0.2, 0.25) is 0 Å². The Morgan fingerprint density at radius 3 is 3.18 bits per heavy atom. The van der Waals surface area contributed by atoms with E-state index in [4.69, 9.17) is 5.26 Å². The Balaban J connectivity index is 1.80. The van der Waals surface area contributed by atoms with Crippen LogP contribution >= 0.6 is 0 Å². The lowest BCUT2D eigenvalue weighted by Crippen LogP contribution is -2.07. The summed E-state index contributed by atoms with van der Waals surface area (Å²) in [6.45, 7) is 0.702. The molecule has 2 rings (SSSR count). The van der Waals surface area contributed by atoms with Crippen LogP contribution in [0.5, 0.6) is 0 Å². The monoisotopic (exact) mass is 229 g/mol. The highest BCUT2D eigenvalue weighted by molar-refractivity contribution is 5.49. The van der Waals surface area contributed by atoms with Crippen molar-refractivity contribution in [1.82, 2.24) is 25.4 Å². The summed E-state index contributed by atoms with van der Waals surface area (Å²) in [5.41, 5.74) is 0.500. The molecule has 2 aromatic rings. The molecule has 0 aliphatic rings. The molecule has 86 valence electrons. The first-order valence-corrected chi connectivity index (χ1v) is 5.20. The number of anilines is 1. The number of aromatic amines is 1. The second-order valence-corrected chi connectivity index (χ2v) is 3.37. The average Bonchev–Trinajstić information content (AvgIpc) is 2.88. The van der Waals surface area contributed by atoms with Crippen LogP contribution < -0.4 is 5.32 Å². The summed E-state index contributed by atoms with van der Waals surface area (Å²) in [4.78, 5) is 4.02. The molecule has 0 aromatic carbocycles. The summed E-state index contributed by atoms with van der Waals surface area (Å²) in [5, 5.41) is 26.1. The second-order valence-electron chi connectivity index (χ2n) is 3.37. The molecule has 0 saturated carbocycles. The largest absolute Gasteiger partial charge is 0.367 e. The van der Waals surface area contributed by atoms with Gasteiger partial charge in [0.2, 0.25) is 0 Å². The van der Waals surface area contributed by atoms with E-state index in [1.807, 2.05) is 0 Å². The number of nitrogens with one attached hydrogen (secondary N) is 2. The van der Waals surface area contributed by atoms with Gasteiger partial charge < -0.3 is 5.32 Å². The third-order valence-corrected chi connectivity index (χ3v) is 2.19. The van der Waals surface area contributed by atoms with E-state index < -0.39 is 0 Å². The Hall–Kier alpha value is -2.49. The lowest BCUT2D eigenvalue weighted by Gasteiger charge is -2.04. The number of hydrogen-bond acceptors (Lipinski definition) is 6. The highest BCUT2D eigenvalue weighted by Crippen LogP contribution is 2.08. The topological polar surface area (TPSA) is 103 Å². The van der Waals surface area contributed by atoms with Crippen molar-refractivity contribution in [3.8, 4) is 6.07 Å². The Morgan fingerprint density at radius 2 is 2.41 bits per heavy atom. The molecular weight excluding hydrogens is 218 g/mol. The molecule has 2 N–H and O–H groups in total. The van der Waals surface area contributed by atoms with Crippen molar-refractivity contribution in [3.63, 3.8) is 0 Å². The van der Waals surface area contributed by atoms with Crippen molar-refractivity contribution in [1.29, 1.82) is 5.26 Å². The summed E-state index contributed by atoms with van der Waals surface area (Å²) in [7, 11) is 0. The van der Waals surface area contributed by atoms with Gasteiger partial charge in [-0.25, -0.2) is 4.98 Å². The van der Waals surface area contributed by atoms with Crippen LogP contribution in [0, 0.1) is 11.3 Å². The lowest BCUT2D eigenvalue weighted by molar-refractivity contribution is 0.800. The van der Waals surface area contributed by atoms with Gasteiger partial charge in [0.05, 0.1) is 11.8 Å². The molecule has 0 atom stereocenters. The third-order valence-electron chi connectivity index (χ3n) is 2.19. The summed E-state index contributed by atoms with van der Waals surface area (Å²) in [5.74, 6) is 1.37. The number of nitrogens with zero attached hydrogens (tertiary/aromatic N) is 5. The molecule has 0 fully saturated rings. The highest BCUT2D eigenvalue weighted by atomic mass is 15.2. The van der Waals surface area contributed by atoms with Gasteiger partial charge in [0.25, 0.3) is 0 Å². The molecule has 7 heteroatoms. The van der Waals surface area contributed by atoms with Gasteiger partial charge in [0, 0.05) is 13.0 Å². The van der Waals surface area contributed by atoms with E-state index in [2.05, 4.69) is 36.8 Å². The van der Waals surface area contributed by atoms with Crippen LogP contribution in [0.3, 0.4) is 0 Å². The predicted octanol–water partition coefficient (Wildman–Crippen LogP) is 0.511. The van der Waals surface area contributed by atoms with E-state index in [1.165, 1.54) is 12.5 Å². The zero-order chi connectivity index (χ0) is 11.9. The molecule has 0 aliphatic heterocycles. The van der Waals surface area contributed by atoms with Gasteiger partial charge in [-0.3, -0.25) is 5.10 Å².